The van der Waals surface area contributed by atoms with Crippen LogP contribution in [0.5, 0.6) is 0 Å². The monoisotopic (exact) mass is 437 g/mol. The summed E-state index contributed by atoms with van der Waals surface area (Å²) in [5, 5.41) is 6.89. The van der Waals surface area contributed by atoms with Gasteiger partial charge in [0.15, 0.2) is 0 Å². The van der Waals surface area contributed by atoms with Crippen LogP contribution in [-0.4, -0.2) is 56.6 Å². The molecule has 1 saturated heterocycles. The van der Waals surface area contributed by atoms with Crippen molar-refractivity contribution >= 4 is 16.6 Å². The van der Waals surface area contributed by atoms with Crippen molar-refractivity contribution in [1.82, 2.24) is 14.9 Å². The Bertz CT molecular complexity index is 870. The average Bonchev–Trinajstić information content (AvgIpc) is 2.78. The van der Waals surface area contributed by atoms with E-state index in [9.17, 15) is 9.59 Å². The molecular weight excluding hydrogens is 398 g/mol. The standard InChI is InChI=1S/C12H15N3O2.C4H9NO.C4H9N.C2H6O/c1-3-6-13-8-4-5-9-10(7-8)14-12(17)15(2)11(9)16;1-3-6-4-2-5-1;1-3-4(2)5;1-3-2/h4-5,7,13H,3,6H2,1-2H3,(H,14,17);5H,1-4H2;3H,5H2,1-2H3;1-2H3/b;;4-3+;. The molecule has 0 atom stereocenters. The smallest absolute Gasteiger partial charge is 0.328 e. The van der Waals surface area contributed by atoms with Gasteiger partial charge in [-0.05, 0) is 38.5 Å². The lowest BCUT2D eigenvalue weighted by Gasteiger charge is -2.10. The lowest BCUT2D eigenvalue weighted by Crippen LogP contribution is -2.32. The third-order valence-corrected chi connectivity index (χ3v) is 3.98. The van der Waals surface area contributed by atoms with Crippen molar-refractivity contribution in [2.24, 2.45) is 12.8 Å². The number of nitrogens with zero attached hydrogens (tertiary/aromatic N) is 1. The second-order valence-electron chi connectivity index (χ2n) is 6.78. The first-order chi connectivity index (χ1) is 14.8. The Morgan fingerprint density at radius 3 is 2.29 bits per heavy atom. The number of nitrogens with one attached hydrogen (secondary N) is 3. The molecular formula is C22H39N5O4. The Hall–Kier alpha value is -2.62. The van der Waals surface area contributed by atoms with Gasteiger partial charge >= 0.3 is 5.69 Å². The summed E-state index contributed by atoms with van der Waals surface area (Å²) in [6, 6.07) is 5.36. The quantitative estimate of drug-likeness (QED) is 0.577. The number of H-pyrrole nitrogens is 1. The number of hydrogen-bond donors (Lipinski definition) is 4. The molecule has 9 nitrogen and oxygen atoms in total. The first-order valence-electron chi connectivity index (χ1n) is 10.4. The lowest BCUT2D eigenvalue weighted by atomic mass is 10.2. The molecule has 0 aliphatic carbocycles. The van der Waals surface area contributed by atoms with Gasteiger partial charge in [0.2, 0.25) is 0 Å². The summed E-state index contributed by atoms with van der Waals surface area (Å²) in [4.78, 5) is 25.9. The van der Waals surface area contributed by atoms with E-state index in [2.05, 4.69) is 27.3 Å². The van der Waals surface area contributed by atoms with E-state index in [4.69, 9.17) is 10.5 Å². The van der Waals surface area contributed by atoms with Crippen LogP contribution in [0.1, 0.15) is 27.2 Å². The van der Waals surface area contributed by atoms with Crippen LogP contribution in [0.3, 0.4) is 0 Å². The average molecular weight is 438 g/mol. The van der Waals surface area contributed by atoms with E-state index in [0.717, 1.165) is 55.2 Å². The number of nitrogens with two attached hydrogens (primary N) is 1. The van der Waals surface area contributed by atoms with Crippen molar-refractivity contribution in [2.75, 3.05) is 52.4 Å². The van der Waals surface area contributed by atoms with Crippen molar-refractivity contribution in [3.05, 3.63) is 50.8 Å². The van der Waals surface area contributed by atoms with Gasteiger partial charge < -0.3 is 30.8 Å². The highest BCUT2D eigenvalue weighted by molar-refractivity contribution is 5.81. The summed E-state index contributed by atoms with van der Waals surface area (Å²) in [7, 11) is 4.71. The van der Waals surface area contributed by atoms with E-state index in [1.807, 2.05) is 26.0 Å². The van der Waals surface area contributed by atoms with Crippen LogP contribution in [-0.2, 0) is 16.5 Å². The van der Waals surface area contributed by atoms with Gasteiger partial charge in [-0.2, -0.15) is 0 Å². The number of anilines is 1. The van der Waals surface area contributed by atoms with Crippen LogP contribution in [0.25, 0.3) is 10.9 Å². The second kappa shape index (κ2) is 17.1. The largest absolute Gasteiger partial charge is 0.403 e. The number of aromatic nitrogens is 2. The fourth-order valence-electron chi connectivity index (χ4n) is 2.20. The van der Waals surface area contributed by atoms with Crippen LogP contribution >= 0.6 is 0 Å². The number of methoxy groups -OCH3 is 1. The minimum absolute atomic E-state index is 0.272. The molecule has 1 aromatic carbocycles. The van der Waals surface area contributed by atoms with E-state index >= 15 is 0 Å². The maximum absolute atomic E-state index is 11.8. The second-order valence-corrected chi connectivity index (χ2v) is 6.78. The lowest BCUT2D eigenvalue weighted by molar-refractivity contribution is 0.109. The van der Waals surface area contributed by atoms with Crippen molar-refractivity contribution < 1.29 is 9.47 Å². The molecule has 0 spiro atoms. The van der Waals surface area contributed by atoms with Gasteiger partial charge in [0, 0.05) is 52.3 Å². The van der Waals surface area contributed by atoms with Crippen LogP contribution in [0, 0.1) is 0 Å². The van der Waals surface area contributed by atoms with Gasteiger partial charge in [0.05, 0.1) is 24.1 Å². The molecule has 3 rings (SSSR count). The molecule has 0 radical (unpaired) electrons. The molecule has 0 unspecified atom stereocenters. The number of hydrogen-bond acceptors (Lipinski definition) is 7. The summed E-state index contributed by atoms with van der Waals surface area (Å²) < 4.78 is 10.3. The van der Waals surface area contributed by atoms with Crippen molar-refractivity contribution in [2.45, 2.75) is 27.2 Å². The summed E-state index contributed by atoms with van der Waals surface area (Å²) >= 11 is 0. The fourth-order valence-corrected chi connectivity index (χ4v) is 2.20. The summed E-state index contributed by atoms with van der Waals surface area (Å²) in [6.07, 6.45) is 2.88. The summed E-state index contributed by atoms with van der Waals surface area (Å²) in [5.74, 6) is 0. The highest BCUT2D eigenvalue weighted by Gasteiger charge is 2.04. The van der Waals surface area contributed by atoms with Crippen LogP contribution in [0.4, 0.5) is 5.69 Å². The first-order valence-corrected chi connectivity index (χ1v) is 10.4. The molecule has 2 aromatic rings. The molecule has 1 aromatic heterocycles. The number of rotatable bonds is 3. The van der Waals surface area contributed by atoms with Crippen LogP contribution in [0.2, 0.25) is 0 Å². The fraction of sp³-hybridized carbons (Fsp3) is 0.545. The summed E-state index contributed by atoms with van der Waals surface area (Å²) in [6.45, 7) is 10.5. The van der Waals surface area contributed by atoms with Crippen LogP contribution in [0.15, 0.2) is 39.6 Å². The number of ether oxygens (including phenoxy) is 2. The molecule has 0 amide bonds. The Labute approximate surface area is 184 Å². The zero-order valence-electron chi connectivity index (χ0n) is 19.7. The topological polar surface area (TPSA) is 123 Å². The molecule has 176 valence electrons. The number of aromatic amines is 1. The first kappa shape index (κ1) is 28.4. The van der Waals surface area contributed by atoms with E-state index in [-0.39, 0.29) is 5.56 Å². The number of morpholine rings is 1. The predicted molar refractivity (Wildman–Crippen MR) is 129 cm³/mol. The molecule has 1 aliphatic rings. The van der Waals surface area contributed by atoms with E-state index in [0.29, 0.717) is 10.9 Å². The predicted octanol–water partition coefficient (Wildman–Crippen LogP) is 1.79. The zero-order chi connectivity index (χ0) is 23.6. The molecule has 9 heteroatoms. The number of allylic oxidation sites excluding steroid dienone is 2. The summed E-state index contributed by atoms with van der Waals surface area (Å²) in [5.41, 5.74) is 6.84. The minimum atomic E-state index is -0.393. The Kier molecular flexibility index (Phi) is 15.7. The maximum Gasteiger partial charge on any atom is 0.328 e. The normalized spacial score (nSPS) is 13.0. The third kappa shape index (κ3) is 12.0. The Morgan fingerprint density at radius 1 is 1.29 bits per heavy atom. The Morgan fingerprint density at radius 2 is 1.87 bits per heavy atom. The number of benzene rings is 1. The molecule has 1 aliphatic heterocycles. The van der Waals surface area contributed by atoms with E-state index < -0.39 is 5.69 Å². The number of fused-ring (bicyclic) bond motifs is 1. The van der Waals surface area contributed by atoms with Crippen molar-refractivity contribution in [3.8, 4) is 0 Å². The highest BCUT2D eigenvalue weighted by Crippen LogP contribution is 2.13. The van der Waals surface area contributed by atoms with Gasteiger partial charge in [0.25, 0.3) is 5.56 Å². The zero-order valence-corrected chi connectivity index (χ0v) is 19.7. The third-order valence-electron chi connectivity index (χ3n) is 3.98. The molecule has 2 heterocycles. The SMILES string of the molecule is C/C=C(\C)N.C1COCCN1.CCCNc1ccc2c(=O)n(C)c(=O)[nH]c2c1.COC. The minimum Gasteiger partial charge on any atom is -0.403 e. The van der Waals surface area contributed by atoms with Crippen molar-refractivity contribution in [1.29, 1.82) is 0 Å². The van der Waals surface area contributed by atoms with Gasteiger partial charge in [-0.25, -0.2) is 4.79 Å². The Balaban J connectivity index is 0.000000525. The van der Waals surface area contributed by atoms with Crippen molar-refractivity contribution in [3.63, 3.8) is 0 Å². The molecule has 0 saturated carbocycles. The van der Waals surface area contributed by atoms with Gasteiger partial charge in [0.1, 0.15) is 0 Å². The molecule has 0 bridgehead atoms. The van der Waals surface area contributed by atoms with E-state index in [1.54, 1.807) is 26.4 Å². The molecule has 31 heavy (non-hydrogen) atoms. The van der Waals surface area contributed by atoms with Gasteiger partial charge in [-0.1, -0.05) is 13.0 Å². The molecule has 1 fully saturated rings. The highest BCUT2D eigenvalue weighted by atomic mass is 16.5. The maximum atomic E-state index is 11.8. The van der Waals surface area contributed by atoms with Gasteiger partial charge in [-0.3, -0.25) is 9.36 Å². The van der Waals surface area contributed by atoms with Gasteiger partial charge in [-0.15, -0.1) is 0 Å². The van der Waals surface area contributed by atoms with E-state index in [1.165, 1.54) is 7.05 Å². The van der Waals surface area contributed by atoms with Crippen LogP contribution < -0.4 is 27.6 Å². The molecule has 5 N–H and O–H groups in total.